The molecule has 0 bridgehead atoms. The number of carboxylic acid groups (broad SMARTS) is 1. The molecule has 0 radical (unpaired) electrons. The minimum atomic E-state index is -0.763. The number of nitrogens with zero attached hydrogens (tertiary/aromatic N) is 2. The highest BCUT2D eigenvalue weighted by molar-refractivity contribution is 5.77. The number of fused-ring (bicyclic) bond motifs is 1. The molecule has 2 aliphatic carbocycles. The lowest BCUT2D eigenvalue weighted by Gasteiger charge is -2.24. The van der Waals surface area contributed by atoms with Crippen LogP contribution in [-0.2, 0) is 11.2 Å². The number of hydrogen-bond acceptors (Lipinski definition) is 4. The van der Waals surface area contributed by atoms with Crippen molar-refractivity contribution in [1.82, 2.24) is 9.97 Å². The lowest BCUT2D eigenvalue weighted by molar-refractivity contribution is -0.139. The molecule has 1 aromatic heterocycles. The zero-order chi connectivity index (χ0) is 12.0. The van der Waals surface area contributed by atoms with Crippen molar-refractivity contribution < 1.29 is 9.90 Å². The second kappa shape index (κ2) is 3.68. The molecule has 1 saturated carbocycles. The van der Waals surface area contributed by atoms with Crippen LogP contribution in [-0.4, -0.2) is 21.0 Å². The molecule has 1 atom stereocenters. The van der Waals surface area contributed by atoms with Crippen molar-refractivity contribution in [3.63, 3.8) is 0 Å². The second-order valence-electron chi connectivity index (χ2n) is 4.88. The third kappa shape index (κ3) is 1.75. The van der Waals surface area contributed by atoms with Crippen molar-refractivity contribution in [2.75, 3.05) is 5.73 Å². The number of rotatable bonds is 2. The zero-order valence-corrected chi connectivity index (χ0v) is 9.52. The fourth-order valence-electron chi connectivity index (χ4n) is 2.66. The highest BCUT2D eigenvalue weighted by Gasteiger charge is 2.36. The van der Waals surface area contributed by atoms with Crippen LogP contribution in [0.25, 0.3) is 0 Å². The van der Waals surface area contributed by atoms with Gasteiger partial charge >= 0.3 is 5.97 Å². The summed E-state index contributed by atoms with van der Waals surface area (Å²) >= 11 is 0. The number of nitrogens with two attached hydrogens (primary N) is 1. The van der Waals surface area contributed by atoms with Gasteiger partial charge in [-0.2, -0.15) is 0 Å². The Morgan fingerprint density at radius 1 is 1.29 bits per heavy atom. The van der Waals surface area contributed by atoms with Crippen LogP contribution in [0.15, 0.2) is 0 Å². The third-order valence-electron chi connectivity index (χ3n) is 3.59. The average molecular weight is 233 g/mol. The van der Waals surface area contributed by atoms with Gasteiger partial charge in [0, 0.05) is 11.5 Å². The largest absolute Gasteiger partial charge is 0.481 e. The molecule has 0 spiro atoms. The fourth-order valence-corrected chi connectivity index (χ4v) is 2.66. The Kier molecular flexibility index (Phi) is 2.28. The molecule has 3 N–H and O–H groups in total. The van der Waals surface area contributed by atoms with E-state index in [1.54, 1.807) is 0 Å². The second-order valence-corrected chi connectivity index (χ2v) is 4.88. The van der Waals surface area contributed by atoms with E-state index >= 15 is 0 Å². The van der Waals surface area contributed by atoms with Crippen molar-refractivity contribution in [3.8, 4) is 0 Å². The standard InChI is InChI=1S/C12H15N3O2/c13-12-14-8-3-1-2-7(11(16)17)9(8)10(15-12)6-4-5-6/h6-7H,1-5H2,(H,16,17)(H2,13,14,15). The highest BCUT2D eigenvalue weighted by atomic mass is 16.4. The Hall–Kier alpha value is -1.65. The quantitative estimate of drug-likeness (QED) is 0.806. The van der Waals surface area contributed by atoms with Gasteiger partial charge in [-0.3, -0.25) is 4.79 Å². The number of aryl methyl sites for hydroxylation is 1. The maximum absolute atomic E-state index is 11.3. The number of aliphatic carboxylic acids is 1. The molecule has 1 aromatic rings. The predicted octanol–water partition coefficient (Wildman–Crippen LogP) is 1.44. The Labute approximate surface area is 99.1 Å². The van der Waals surface area contributed by atoms with E-state index in [2.05, 4.69) is 9.97 Å². The normalized spacial score (nSPS) is 23.2. The molecule has 0 amide bonds. The molecule has 0 aromatic carbocycles. The SMILES string of the molecule is Nc1nc2c(c(C3CC3)n1)C(C(=O)O)CCC2. The molecule has 1 unspecified atom stereocenters. The molecule has 90 valence electrons. The van der Waals surface area contributed by atoms with Crippen molar-refractivity contribution in [1.29, 1.82) is 0 Å². The molecule has 1 heterocycles. The summed E-state index contributed by atoms with van der Waals surface area (Å²) < 4.78 is 0. The molecule has 2 aliphatic rings. The first-order valence-corrected chi connectivity index (χ1v) is 6.06. The Morgan fingerprint density at radius 2 is 2.06 bits per heavy atom. The summed E-state index contributed by atoms with van der Waals surface area (Å²) in [6, 6.07) is 0. The van der Waals surface area contributed by atoms with Crippen LogP contribution in [0.4, 0.5) is 5.95 Å². The van der Waals surface area contributed by atoms with E-state index < -0.39 is 11.9 Å². The lowest BCUT2D eigenvalue weighted by atomic mass is 9.83. The zero-order valence-electron chi connectivity index (χ0n) is 9.52. The van der Waals surface area contributed by atoms with Crippen molar-refractivity contribution in [3.05, 3.63) is 17.0 Å². The Bertz CT molecular complexity index is 483. The van der Waals surface area contributed by atoms with Crippen LogP contribution in [0.1, 0.15) is 54.5 Å². The first-order valence-electron chi connectivity index (χ1n) is 6.06. The maximum atomic E-state index is 11.3. The Balaban J connectivity index is 2.15. The number of hydrogen-bond donors (Lipinski definition) is 2. The van der Waals surface area contributed by atoms with Gasteiger partial charge in [-0.1, -0.05) is 0 Å². The molecular formula is C12H15N3O2. The van der Waals surface area contributed by atoms with Crippen LogP contribution in [0, 0.1) is 0 Å². The minimum Gasteiger partial charge on any atom is -0.481 e. The monoisotopic (exact) mass is 233 g/mol. The van der Waals surface area contributed by atoms with E-state index in [9.17, 15) is 9.90 Å². The Morgan fingerprint density at radius 3 is 2.71 bits per heavy atom. The molecule has 5 heteroatoms. The summed E-state index contributed by atoms with van der Waals surface area (Å²) in [6.45, 7) is 0. The van der Waals surface area contributed by atoms with Crippen LogP contribution in [0.3, 0.4) is 0 Å². The first kappa shape index (κ1) is 10.5. The number of aromatic nitrogens is 2. The number of carboxylic acids is 1. The summed E-state index contributed by atoms with van der Waals surface area (Å²) in [6.07, 6.45) is 4.57. The van der Waals surface area contributed by atoms with E-state index in [0.717, 1.165) is 42.6 Å². The maximum Gasteiger partial charge on any atom is 0.311 e. The highest BCUT2D eigenvalue weighted by Crippen LogP contribution is 2.45. The summed E-state index contributed by atoms with van der Waals surface area (Å²) in [7, 11) is 0. The molecule has 17 heavy (non-hydrogen) atoms. The smallest absolute Gasteiger partial charge is 0.311 e. The average Bonchev–Trinajstić information content (AvgIpc) is 3.10. The van der Waals surface area contributed by atoms with E-state index in [1.807, 2.05) is 0 Å². The minimum absolute atomic E-state index is 0.289. The van der Waals surface area contributed by atoms with Gasteiger partial charge in [0.25, 0.3) is 0 Å². The number of carbonyl (C=O) groups is 1. The van der Waals surface area contributed by atoms with Crippen LogP contribution < -0.4 is 5.73 Å². The van der Waals surface area contributed by atoms with Crippen LogP contribution in [0.2, 0.25) is 0 Å². The number of nitrogen functional groups attached to an aromatic ring is 1. The molecule has 1 fully saturated rings. The van der Waals surface area contributed by atoms with Crippen molar-refractivity contribution in [2.24, 2.45) is 0 Å². The van der Waals surface area contributed by atoms with Gasteiger partial charge in [0.2, 0.25) is 5.95 Å². The summed E-state index contributed by atoms with van der Waals surface area (Å²) in [5, 5.41) is 9.29. The molecule has 0 saturated heterocycles. The van der Waals surface area contributed by atoms with Gasteiger partial charge in [-0.15, -0.1) is 0 Å². The van der Waals surface area contributed by atoms with Gasteiger partial charge in [0.1, 0.15) is 0 Å². The topological polar surface area (TPSA) is 89.1 Å². The van der Waals surface area contributed by atoms with E-state index in [-0.39, 0.29) is 5.95 Å². The molecule has 5 nitrogen and oxygen atoms in total. The summed E-state index contributed by atoms with van der Waals surface area (Å²) in [5.41, 5.74) is 8.32. The van der Waals surface area contributed by atoms with Gasteiger partial charge < -0.3 is 10.8 Å². The van der Waals surface area contributed by atoms with Gasteiger partial charge in [-0.25, -0.2) is 9.97 Å². The molecule has 3 rings (SSSR count). The van der Waals surface area contributed by atoms with Gasteiger partial charge in [-0.05, 0) is 32.1 Å². The summed E-state index contributed by atoms with van der Waals surface area (Å²) in [4.78, 5) is 19.8. The van der Waals surface area contributed by atoms with Gasteiger partial charge in [0.15, 0.2) is 0 Å². The van der Waals surface area contributed by atoms with Crippen LogP contribution in [0.5, 0.6) is 0 Å². The van der Waals surface area contributed by atoms with E-state index in [1.165, 1.54) is 0 Å². The predicted molar refractivity (Wildman–Crippen MR) is 61.7 cm³/mol. The van der Waals surface area contributed by atoms with Crippen LogP contribution >= 0.6 is 0 Å². The molecular weight excluding hydrogens is 218 g/mol. The lowest BCUT2D eigenvalue weighted by Crippen LogP contribution is -2.22. The summed E-state index contributed by atoms with van der Waals surface area (Å²) in [5.74, 6) is -0.498. The number of anilines is 1. The third-order valence-corrected chi connectivity index (χ3v) is 3.59. The van der Waals surface area contributed by atoms with E-state index in [4.69, 9.17) is 5.73 Å². The first-order chi connectivity index (χ1) is 8.16. The van der Waals surface area contributed by atoms with Crippen molar-refractivity contribution in [2.45, 2.75) is 43.9 Å². The van der Waals surface area contributed by atoms with Gasteiger partial charge in [0.05, 0.1) is 17.3 Å². The van der Waals surface area contributed by atoms with Crippen molar-refractivity contribution >= 4 is 11.9 Å². The van der Waals surface area contributed by atoms with E-state index in [0.29, 0.717) is 12.3 Å². The molecule has 0 aliphatic heterocycles. The fraction of sp³-hybridized carbons (Fsp3) is 0.583.